The Morgan fingerprint density at radius 3 is 2.62 bits per heavy atom. The van der Waals surface area contributed by atoms with Gasteiger partial charge in [-0.1, -0.05) is 18.2 Å². The molecule has 1 aromatic heterocycles. The lowest BCUT2D eigenvalue weighted by molar-refractivity contribution is 0.262. The highest BCUT2D eigenvalue weighted by Crippen LogP contribution is 2.19. The second-order valence-electron chi connectivity index (χ2n) is 5.10. The number of nitrogens with one attached hydrogen (secondary N) is 2. The van der Waals surface area contributed by atoms with Crippen LogP contribution in [0.15, 0.2) is 66.1 Å². The summed E-state index contributed by atoms with van der Waals surface area (Å²) in [6.07, 6.45) is 5.18. The maximum Gasteiger partial charge on any atom is 0.323 e. The van der Waals surface area contributed by atoms with Crippen molar-refractivity contribution < 1.29 is 4.79 Å². The Hall–Kier alpha value is -2.80. The maximum absolute atomic E-state index is 12.1. The zero-order chi connectivity index (χ0) is 16.8. The van der Waals surface area contributed by atoms with Crippen LogP contribution in [0.2, 0.25) is 0 Å². The van der Waals surface area contributed by atoms with Gasteiger partial charge in [0.1, 0.15) is 12.7 Å². The Morgan fingerprint density at radius 2 is 1.92 bits per heavy atom. The number of carbonyl (C=O) groups excluding carboxylic acids is 1. The summed E-state index contributed by atoms with van der Waals surface area (Å²) in [5.74, 6) is 0. The lowest BCUT2D eigenvalue weighted by Crippen LogP contribution is -2.19. The summed E-state index contributed by atoms with van der Waals surface area (Å²) in [5, 5.41) is 9.72. The molecular formula is C17H17N5OS. The number of benzene rings is 2. The van der Waals surface area contributed by atoms with Crippen LogP contribution in [0.3, 0.4) is 0 Å². The molecule has 2 aromatic carbocycles. The van der Waals surface area contributed by atoms with Gasteiger partial charge in [-0.05, 0) is 42.2 Å². The van der Waals surface area contributed by atoms with E-state index in [1.807, 2.05) is 54.8 Å². The molecule has 7 heteroatoms. The first-order valence-electron chi connectivity index (χ1n) is 7.36. The Balaban J connectivity index is 1.57. The van der Waals surface area contributed by atoms with Crippen LogP contribution < -0.4 is 10.6 Å². The van der Waals surface area contributed by atoms with E-state index in [0.29, 0.717) is 6.54 Å². The standard InChI is InChI=1S/C17H17N5OS/c1-24-16-4-2-3-15(9-16)21-17(23)20-14-7-5-13(6-8-14)10-22-12-18-11-19-22/h2-9,11-12H,10H2,1H3,(H2,20,21,23). The van der Waals surface area contributed by atoms with Gasteiger partial charge in [0.15, 0.2) is 0 Å². The minimum atomic E-state index is -0.266. The van der Waals surface area contributed by atoms with Gasteiger partial charge in [0.25, 0.3) is 0 Å². The molecule has 2 amide bonds. The van der Waals surface area contributed by atoms with Crippen LogP contribution in [-0.4, -0.2) is 27.1 Å². The molecule has 0 unspecified atom stereocenters. The second kappa shape index (κ2) is 7.65. The van der Waals surface area contributed by atoms with Gasteiger partial charge in [0.2, 0.25) is 0 Å². The largest absolute Gasteiger partial charge is 0.323 e. The molecule has 122 valence electrons. The van der Waals surface area contributed by atoms with Crippen molar-refractivity contribution in [2.45, 2.75) is 11.4 Å². The molecular weight excluding hydrogens is 322 g/mol. The number of amides is 2. The molecule has 3 rings (SSSR count). The van der Waals surface area contributed by atoms with Gasteiger partial charge in [-0.3, -0.25) is 0 Å². The van der Waals surface area contributed by atoms with E-state index in [4.69, 9.17) is 0 Å². The SMILES string of the molecule is CSc1cccc(NC(=O)Nc2ccc(Cn3cncn3)cc2)c1. The second-order valence-corrected chi connectivity index (χ2v) is 5.98. The van der Waals surface area contributed by atoms with Crippen molar-refractivity contribution in [1.82, 2.24) is 14.8 Å². The summed E-state index contributed by atoms with van der Waals surface area (Å²) in [4.78, 5) is 17.1. The Bertz CT molecular complexity index is 802. The van der Waals surface area contributed by atoms with Crippen LogP contribution in [0, 0.1) is 0 Å². The number of hydrogen-bond donors (Lipinski definition) is 2. The molecule has 0 aliphatic carbocycles. The fourth-order valence-electron chi connectivity index (χ4n) is 2.19. The van der Waals surface area contributed by atoms with Crippen LogP contribution in [0.4, 0.5) is 16.2 Å². The van der Waals surface area contributed by atoms with Crippen molar-refractivity contribution >= 4 is 29.2 Å². The van der Waals surface area contributed by atoms with Crippen LogP contribution in [-0.2, 0) is 6.54 Å². The predicted octanol–water partition coefficient (Wildman–Crippen LogP) is 3.69. The number of thioether (sulfide) groups is 1. The molecule has 0 radical (unpaired) electrons. The molecule has 0 saturated carbocycles. The highest BCUT2D eigenvalue weighted by atomic mass is 32.2. The van der Waals surface area contributed by atoms with Gasteiger partial charge >= 0.3 is 6.03 Å². The molecule has 1 heterocycles. The molecule has 6 nitrogen and oxygen atoms in total. The van der Waals surface area contributed by atoms with Crippen molar-refractivity contribution in [2.24, 2.45) is 0 Å². The van der Waals surface area contributed by atoms with E-state index >= 15 is 0 Å². The van der Waals surface area contributed by atoms with Crippen LogP contribution in [0.5, 0.6) is 0 Å². The quantitative estimate of drug-likeness (QED) is 0.695. The monoisotopic (exact) mass is 339 g/mol. The van der Waals surface area contributed by atoms with E-state index < -0.39 is 0 Å². The molecule has 3 aromatic rings. The van der Waals surface area contributed by atoms with Crippen molar-refractivity contribution in [3.8, 4) is 0 Å². The fourth-order valence-corrected chi connectivity index (χ4v) is 2.65. The summed E-state index contributed by atoms with van der Waals surface area (Å²) in [5.41, 5.74) is 2.58. The van der Waals surface area contributed by atoms with E-state index in [1.165, 1.54) is 6.33 Å². The Labute approximate surface area is 144 Å². The Morgan fingerprint density at radius 1 is 1.12 bits per heavy atom. The molecule has 0 bridgehead atoms. The lowest BCUT2D eigenvalue weighted by Gasteiger charge is -2.09. The molecule has 0 saturated heterocycles. The average Bonchev–Trinajstić information content (AvgIpc) is 3.10. The van der Waals surface area contributed by atoms with Gasteiger partial charge in [0, 0.05) is 16.3 Å². The summed E-state index contributed by atoms with van der Waals surface area (Å²) in [7, 11) is 0. The van der Waals surface area contributed by atoms with E-state index in [0.717, 1.165) is 21.8 Å². The summed E-state index contributed by atoms with van der Waals surface area (Å²) >= 11 is 1.63. The van der Waals surface area contributed by atoms with E-state index in [2.05, 4.69) is 20.7 Å². The van der Waals surface area contributed by atoms with Gasteiger partial charge < -0.3 is 10.6 Å². The third-order valence-corrected chi connectivity index (χ3v) is 4.08. The minimum absolute atomic E-state index is 0.266. The van der Waals surface area contributed by atoms with Gasteiger partial charge in [-0.15, -0.1) is 11.8 Å². The molecule has 0 fully saturated rings. The first-order valence-corrected chi connectivity index (χ1v) is 8.59. The average molecular weight is 339 g/mol. The lowest BCUT2D eigenvalue weighted by atomic mass is 10.2. The van der Waals surface area contributed by atoms with Crippen molar-refractivity contribution in [3.63, 3.8) is 0 Å². The highest BCUT2D eigenvalue weighted by Gasteiger charge is 2.04. The number of urea groups is 1. The van der Waals surface area contributed by atoms with Crippen LogP contribution in [0.1, 0.15) is 5.56 Å². The molecule has 0 spiro atoms. The van der Waals surface area contributed by atoms with E-state index in [-0.39, 0.29) is 6.03 Å². The number of nitrogens with zero attached hydrogens (tertiary/aromatic N) is 3. The third kappa shape index (κ3) is 4.36. The van der Waals surface area contributed by atoms with Gasteiger partial charge in [0.05, 0.1) is 6.54 Å². The molecule has 0 aliphatic rings. The minimum Gasteiger partial charge on any atom is -0.308 e. The van der Waals surface area contributed by atoms with Crippen molar-refractivity contribution in [2.75, 3.05) is 16.9 Å². The van der Waals surface area contributed by atoms with Gasteiger partial charge in [-0.2, -0.15) is 5.10 Å². The number of rotatable bonds is 5. The Kier molecular flexibility index (Phi) is 5.12. The third-order valence-electron chi connectivity index (χ3n) is 3.35. The first kappa shape index (κ1) is 16.1. The van der Waals surface area contributed by atoms with Crippen molar-refractivity contribution in [1.29, 1.82) is 0 Å². The first-order chi connectivity index (χ1) is 11.7. The summed E-state index contributed by atoms with van der Waals surface area (Å²) in [6.45, 7) is 0.647. The summed E-state index contributed by atoms with van der Waals surface area (Å²) in [6, 6.07) is 15.1. The van der Waals surface area contributed by atoms with Gasteiger partial charge in [-0.25, -0.2) is 14.5 Å². The van der Waals surface area contributed by atoms with Crippen LogP contribution >= 0.6 is 11.8 Å². The number of hydrogen-bond acceptors (Lipinski definition) is 4. The topological polar surface area (TPSA) is 71.8 Å². The number of aromatic nitrogens is 3. The van der Waals surface area contributed by atoms with E-state index in [9.17, 15) is 4.79 Å². The molecule has 0 atom stereocenters. The molecule has 24 heavy (non-hydrogen) atoms. The molecule has 2 N–H and O–H groups in total. The van der Waals surface area contributed by atoms with Crippen molar-refractivity contribution in [3.05, 3.63) is 66.7 Å². The van der Waals surface area contributed by atoms with E-state index in [1.54, 1.807) is 22.8 Å². The predicted molar refractivity (Wildman–Crippen MR) is 96.4 cm³/mol. The summed E-state index contributed by atoms with van der Waals surface area (Å²) < 4.78 is 1.74. The highest BCUT2D eigenvalue weighted by molar-refractivity contribution is 7.98. The fraction of sp³-hybridized carbons (Fsp3) is 0.118. The molecule has 0 aliphatic heterocycles. The normalized spacial score (nSPS) is 10.4. The smallest absolute Gasteiger partial charge is 0.308 e. The number of anilines is 2. The maximum atomic E-state index is 12.1. The zero-order valence-corrected chi connectivity index (χ0v) is 14.0. The van der Waals surface area contributed by atoms with Crippen LogP contribution in [0.25, 0.3) is 0 Å². The zero-order valence-electron chi connectivity index (χ0n) is 13.1. The number of carbonyl (C=O) groups is 1.